The molecule has 2 amide bonds. The Morgan fingerprint density at radius 1 is 0.930 bits per heavy atom. The number of benzene rings is 3. The lowest BCUT2D eigenvalue weighted by Gasteiger charge is -2.32. The Hall–Kier alpha value is -5.05. The molecule has 1 aliphatic heterocycles. The number of hydrogen-bond acceptors (Lipinski definition) is 7. The van der Waals surface area contributed by atoms with Gasteiger partial charge in [0.05, 0.1) is 5.71 Å². The minimum atomic E-state index is -1.75. The van der Waals surface area contributed by atoms with Crippen molar-refractivity contribution in [1.82, 2.24) is 10.2 Å². The average molecular weight is 582 g/mol. The molecule has 0 aliphatic carbocycles. The summed E-state index contributed by atoms with van der Waals surface area (Å²) < 4.78 is 11.0. The van der Waals surface area contributed by atoms with Crippen LogP contribution in [0.5, 0.6) is 0 Å². The lowest BCUT2D eigenvalue weighted by Crippen LogP contribution is -2.51. The Labute approximate surface area is 251 Å². The molecule has 3 aromatic carbocycles. The van der Waals surface area contributed by atoms with Crippen LogP contribution in [-0.2, 0) is 32.3 Å². The maximum Gasteiger partial charge on any atom is 0.408 e. The first kappa shape index (κ1) is 30.9. The number of hydrogen-bond donors (Lipinski definition) is 2. The van der Waals surface area contributed by atoms with Crippen LogP contribution < -0.4 is 5.32 Å². The standard InChI is InChI=1S/C34H35N3O6/c1-3-13-28-20-37(31(39)24(2)36-33(41)43-22-26-16-9-5-10-17-26)23-34(28,30(35)29(38)27-18-11-6-12-19-27)32(40)42-21-25-14-7-4-8-15-25/h3-12,14-19,24,28,35H,1,13,20-23H2,2H3,(H,36,41)/t24-,28-,34+/m0/s1. The average Bonchev–Trinajstić information content (AvgIpc) is 3.43. The number of carbonyl (C=O) groups excluding carboxylic acids is 4. The first-order chi connectivity index (χ1) is 20.8. The number of allylic oxidation sites excluding steroid dienone is 1. The van der Waals surface area contributed by atoms with Crippen LogP contribution in [0.15, 0.2) is 104 Å². The summed E-state index contributed by atoms with van der Waals surface area (Å²) in [7, 11) is 0. The lowest BCUT2D eigenvalue weighted by molar-refractivity contribution is -0.154. The third kappa shape index (κ3) is 7.24. The highest BCUT2D eigenvalue weighted by Gasteiger charge is 2.58. The molecule has 0 bridgehead atoms. The molecule has 3 atom stereocenters. The number of alkyl carbamates (subject to hydrolysis) is 1. The van der Waals surface area contributed by atoms with Gasteiger partial charge in [-0.3, -0.25) is 19.8 Å². The molecule has 4 rings (SSSR count). The summed E-state index contributed by atoms with van der Waals surface area (Å²) in [5, 5.41) is 11.6. The summed E-state index contributed by atoms with van der Waals surface area (Å²) in [4.78, 5) is 55.0. The number of rotatable bonds is 12. The van der Waals surface area contributed by atoms with E-state index < -0.39 is 46.8 Å². The zero-order valence-electron chi connectivity index (χ0n) is 24.0. The van der Waals surface area contributed by atoms with Crippen LogP contribution >= 0.6 is 0 Å². The molecule has 43 heavy (non-hydrogen) atoms. The molecule has 1 saturated heterocycles. The number of esters is 1. The molecule has 1 fully saturated rings. The fraction of sp³-hybridized carbons (Fsp3) is 0.265. The number of likely N-dealkylation sites (tertiary alicyclic amines) is 1. The van der Waals surface area contributed by atoms with Gasteiger partial charge in [-0.25, -0.2) is 4.79 Å². The third-order valence-corrected chi connectivity index (χ3v) is 7.54. The van der Waals surface area contributed by atoms with Crippen molar-refractivity contribution in [2.75, 3.05) is 13.1 Å². The highest BCUT2D eigenvalue weighted by atomic mass is 16.5. The Morgan fingerprint density at radius 2 is 1.47 bits per heavy atom. The van der Waals surface area contributed by atoms with Gasteiger partial charge in [-0.2, -0.15) is 0 Å². The van der Waals surface area contributed by atoms with Crippen LogP contribution in [0.25, 0.3) is 0 Å². The van der Waals surface area contributed by atoms with Crippen molar-refractivity contribution in [1.29, 1.82) is 5.41 Å². The largest absolute Gasteiger partial charge is 0.460 e. The van der Waals surface area contributed by atoms with Crippen molar-refractivity contribution >= 4 is 29.5 Å². The smallest absolute Gasteiger partial charge is 0.408 e. The van der Waals surface area contributed by atoms with E-state index in [1.54, 1.807) is 48.5 Å². The van der Waals surface area contributed by atoms with Crippen molar-refractivity contribution < 1.29 is 28.7 Å². The molecule has 3 aromatic rings. The fourth-order valence-corrected chi connectivity index (χ4v) is 5.24. The van der Waals surface area contributed by atoms with Gasteiger partial charge < -0.3 is 19.7 Å². The van der Waals surface area contributed by atoms with Crippen molar-refractivity contribution in [2.24, 2.45) is 11.3 Å². The Kier molecular flexibility index (Phi) is 10.2. The van der Waals surface area contributed by atoms with Crippen LogP contribution in [0.3, 0.4) is 0 Å². The summed E-state index contributed by atoms with van der Waals surface area (Å²) in [6.07, 6.45) is 1.07. The molecule has 0 aromatic heterocycles. The zero-order chi connectivity index (χ0) is 30.8. The van der Waals surface area contributed by atoms with E-state index in [2.05, 4.69) is 11.9 Å². The van der Waals surface area contributed by atoms with Crippen molar-refractivity contribution in [3.05, 3.63) is 120 Å². The van der Waals surface area contributed by atoms with Gasteiger partial charge in [0.2, 0.25) is 11.7 Å². The van der Waals surface area contributed by atoms with E-state index in [4.69, 9.17) is 14.9 Å². The number of ether oxygens (including phenoxy) is 2. The Balaban J connectivity index is 1.56. The van der Waals surface area contributed by atoms with Gasteiger partial charge >= 0.3 is 12.1 Å². The normalized spacial score (nSPS) is 18.3. The van der Waals surface area contributed by atoms with Gasteiger partial charge in [0.1, 0.15) is 24.7 Å². The van der Waals surface area contributed by atoms with Gasteiger partial charge in [-0.1, -0.05) is 97.1 Å². The van der Waals surface area contributed by atoms with E-state index in [1.807, 2.05) is 48.5 Å². The van der Waals surface area contributed by atoms with Gasteiger partial charge in [0.25, 0.3) is 0 Å². The lowest BCUT2D eigenvalue weighted by atomic mass is 9.70. The number of Topliss-reactive ketones (excluding diaryl/α,β-unsaturated/α-hetero) is 1. The van der Waals surface area contributed by atoms with Gasteiger partial charge in [-0.05, 0) is 24.5 Å². The van der Waals surface area contributed by atoms with E-state index >= 15 is 0 Å². The van der Waals surface area contributed by atoms with Crippen LogP contribution in [0.4, 0.5) is 4.79 Å². The first-order valence-corrected chi connectivity index (χ1v) is 14.0. The molecule has 1 heterocycles. The Morgan fingerprint density at radius 3 is 2.02 bits per heavy atom. The van der Waals surface area contributed by atoms with Crippen LogP contribution in [0.1, 0.15) is 34.8 Å². The van der Waals surface area contributed by atoms with Crippen LogP contribution in [0, 0.1) is 16.7 Å². The molecule has 2 N–H and O–H groups in total. The number of carbonyl (C=O) groups is 4. The van der Waals surface area contributed by atoms with E-state index in [1.165, 1.54) is 11.8 Å². The summed E-state index contributed by atoms with van der Waals surface area (Å²) in [6.45, 7) is 5.09. The summed E-state index contributed by atoms with van der Waals surface area (Å²) in [5.74, 6) is -2.54. The number of ketones is 1. The molecule has 9 heteroatoms. The van der Waals surface area contributed by atoms with Crippen molar-refractivity contribution in [3.8, 4) is 0 Å². The molecule has 0 unspecified atom stereocenters. The highest BCUT2D eigenvalue weighted by molar-refractivity contribution is 6.49. The van der Waals surface area contributed by atoms with E-state index in [-0.39, 0.29) is 38.3 Å². The minimum absolute atomic E-state index is 0.0355. The number of nitrogens with one attached hydrogen (secondary N) is 2. The maximum absolute atomic E-state index is 14.0. The van der Waals surface area contributed by atoms with Gasteiger partial charge in [0, 0.05) is 24.6 Å². The monoisotopic (exact) mass is 581 g/mol. The van der Waals surface area contributed by atoms with E-state index in [0.29, 0.717) is 0 Å². The number of nitrogens with zero attached hydrogens (tertiary/aromatic N) is 1. The predicted octanol–water partition coefficient (Wildman–Crippen LogP) is 4.97. The molecule has 0 radical (unpaired) electrons. The summed E-state index contributed by atoms with van der Waals surface area (Å²) in [5.41, 5.74) is -0.421. The van der Waals surface area contributed by atoms with Crippen molar-refractivity contribution in [3.63, 3.8) is 0 Å². The van der Waals surface area contributed by atoms with Crippen molar-refractivity contribution in [2.45, 2.75) is 32.6 Å². The second kappa shape index (κ2) is 14.2. The van der Waals surface area contributed by atoms with Crippen LogP contribution in [0.2, 0.25) is 0 Å². The predicted molar refractivity (Wildman–Crippen MR) is 161 cm³/mol. The molecule has 222 valence electrons. The second-order valence-corrected chi connectivity index (χ2v) is 10.5. The third-order valence-electron chi connectivity index (χ3n) is 7.54. The highest BCUT2D eigenvalue weighted by Crippen LogP contribution is 2.42. The fourth-order valence-electron chi connectivity index (χ4n) is 5.24. The topological polar surface area (TPSA) is 126 Å². The maximum atomic E-state index is 14.0. The van der Waals surface area contributed by atoms with E-state index in [9.17, 15) is 19.2 Å². The SMILES string of the molecule is C=CC[C@H]1CN(C(=O)[C@H](C)NC(=O)OCc2ccccc2)C[C@@]1(C(=N)C(=O)c1ccccc1)C(=O)OCc1ccccc1. The van der Waals surface area contributed by atoms with Gasteiger partial charge in [-0.15, -0.1) is 6.58 Å². The Bertz CT molecular complexity index is 1460. The molecule has 0 spiro atoms. The minimum Gasteiger partial charge on any atom is -0.460 e. The first-order valence-electron chi connectivity index (χ1n) is 14.0. The summed E-state index contributed by atoms with van der Waals surface area (Å²) in [6, 6.07) is 25.5. The molecular formula is C34H35N3O6. The van der Waals surface area contributed by atoms with Crippen LogP contribution in [-0.4, -0.2) is 53.5 Å². The molecular weight excluding hydrogens is 546 g/mol. The quantitative estimate of drug-likeness (QED) is 0.135. The summed E-state index contributed by atoms with van der Waals surface area (Å²) >= 11 is 0. The zero-order valence-corrected chi connectivity index (χ0v) is 24.0. The van der Waals surface area contributed by atoms with E-state index in [0.717, 1.165) is 11.1 Å². The molecule has 9 nitrogen and oxygen atoms in total. The second-order valence-electron chi connectivity index (χ2n) is 10.5. The molecule has 1 aliphatic rings. The van der Waals surface area contributed by atoms with Gasteiger partial charge in [0.15, 0.2) is 0 Å². The molecule has 0 saturated carbocycles. The number of amides is 2.